The van der Waals surface area contributed by atoms with E-state index in [9.17, 15) is 4.79 Å². The molecule has 2 heterocycles. The Bertz CT molecular complexity index is 1260. The average molecular weight is 499 g/mol. The van der Waals surface area contributed by atoms with Gasteiger partial charge in [0, 0.05) is 15.1 Å². The molecule has 0 saturated heterocycles. The van der Waals surface area contributed by atoms with Crippen molar-refractivity contribution < 1.29 is 0 Å². The van der Waals surface area contributed by atoms with E-state index in [4.69, 9.17) is 4.98 Å². The molecule has 0 aliphatic rings. The van der Waals surface area contributed by atoms with Gasteiger partial charge < -0.3 is 0 Å². The molecule has 0 radical (unpaired) electrons. The van der Waals surface area contributed by atoms with Gasteiger partial charge in [0.2, 0.25) is 0 Å². The van der Waals surface area contributed by atoms with Crippen molar-refractivity contribution in [2.75, 3.05) is 0 Å². The molecule has 0 saturated carbocycles. The van der Waals surface area contributed by atoms with Crippen LogP contribution in [-0.4, -0.2) is 9.55 Å². The van der Waals surface area contributed by atoms with E-state index in [-0.39, 0.29) is 5.56 Å². The molecular weight excluding hydrogens is 476 g/mol. The summed E-state index contributed by atoms with van der Waals surface area (Å²) in [6.07, 6.45) is 2.04. The maximum atomic E-state index is 13.7. The first-order valence-electron chi connectivity index (χ1n) is 9.97. The highest BCUT2D eigenvalue weighted by Gasteiger charge is 2.19. The first-order valence-corrected chi connectivity index (χ1v) is 12.6. The topological polar surface area (TPSA) is 34.9 Å². The Morgan fingerprint density at radius 2 is 1.90 bits per heavy atom. The van der Waals surface area contributed by atoms with Gasteiger partial charge in [-0.3, -0.25) is 9.36 Å². The van der Waals surface area contributed by atoms with E-state index >= 15 is 0 Å². The zero-order valence-corrected chi connectivity index (χ0v) is 20.5. The Morgan fingerprint density at radius 1 is 1.13 bits per heavy atom. The predicted octanol–water partition coefficient (Wildman–Crippen LogP) is 7.07. The summed E-state index contributed by atoms with van der Waals surface area (Å²) in [6.45, 7) is 6.27. The lowest BCUT2D eigenvalue weighted by Crippen LogP contribution is -2.21. The van der Waals surface area contributed by atoms with Crippen LogP contribution in [0.15, 0.2) is 63.0 Å². The summed E-state index contributed by atoms with van der Waals surface area (Å²) in [5.74, 6) is 0.753. The van der Waals surface area contributed by atoms with Crippen LogP contribution in [0.5, 0.6) is 0 Å². The number of nitrogens with zero attached hydrogens (tertiary/aromatic N) is 2. The molecule has 0 unspecified atom stereocenters. The molecule has 0 amide bonds. The minimum Gasteiger partial charge on any atom is -0.268 e. The van der Waals surface area contributed by atoms with E-state index in [2.05, 4.69) is 41.9 Å². The molecule has 0 aliphatic carbocycles. The van der Waals surface area contributed by atoms with Crippen molar-refractivity contribution in [2.45, 2.75) is 44.5 Å². The molecule has 4 aromatic rings. The summed E-state index contributed by atoms with van der Waals surface area (Å²) >= 11 is 6.76. The van der Waals surface area contributed by atoms with Gasteiger partial charge in [-0.25, -0.2) is 4.98 Å². The van der Waals surface area contributed by atoms with Crippen molar-refractivity contribution in [3.05, 3.63) is 84.9 Å². The SMILES string of the molecule is CCCc1sc2nc(SCc3ccc(Br)cc3)n(-c3cccc(C)c3)c(=O)c2c1C. The highest BCUT2D eigenvalue weighted by atomic mass is 79.9. The number of hydrogen-bond donors (Lipinski definition) is 0. The van der Waals surface area contributed by atoms with E-state index in [1.165, 1.54) is 10.4 Å². The zero-order valence-electron chi connectivity index (χ0n) is 17.2. The fourth-order valence-electron chi connectivity index (χ4n) is 3.50. The summed E-state index contributed by atoms with van der Waals surface area (Å²) in [5.41, 5.74) is 4.30. The number of rotatable bonds is 6. The van der Waals surface area contributed by atoms with Crippen LogP contribution in [0.1, 0.15) is 34.9 Å². The van der Waals surface area contributed by atoms with Crippen LogP contribution < -0.4 is 5.56 Å². The third-order valence-corrected chi connectivity index (χ3v) is 7.83. The summed E-state index contributed by atoms with van der Waals surface area (Å²) in [6, 6.07) is 16.4. The van der Waals surface area contributed by atoms with Gasteiger partial charge >= 0.3 is 0 Å². The maximum absolute atomic E-state index is 13.7. The summed E-state index contributed by atoms with van der Waals surface area (Å²) in [7, 11) is 0. The number of hydrogen-bond acceptors (Lipinski definition) is 4. The average Bonchev–Trinajstić information content (AvgIpc) is 3.03. The number of thioether (sulfide) groups is 1. The third-order valence-electron chi connectivity index (χ3n) is 5.05. The van der Waals surface area contributed by atoms with Crippen LogP contribution in [0.2, 0.25) is 0 Å². The fourth-order valence-corrected chi connectivity index (χ4v) is 6.05. The molecule has 0 N–H and O–H groups in total. The van der Waals surface area contributed by atoms with Crippen molar-refractivity contribution in [3.8, 4) is 5.69 Å². The normalized spacial score (nSPS) is 11.3. The van der Waals surface area contributed by atoms with Gasteiger partial charge in [0.25, 0.3) is 5.56 Å². The highest BCUT2D eigenvalue weighted by Crippen LogP contribution is 2.32. The molecule has 3 nitrogen and oxygen atoms in total. The number of aromatic nitrogens is 2. The Labute approximate surface area is 193 Å². The minimum atomic E-state index is 0.0278. The monoisotopic (exact) mass is 498 g/mol. The Morgan fingerprint density at radius 3 is 2.60 bits per heavy atom. The van der Waals surface area contributed by atoms with Crippen molar-refractivity contribution in [1.29, 1.82) is 0 Å². The molecule has 0 fully saturated rings. The largest absolute Gasteiger partial charge is 0.268 e. The molecule has 2 aromatic heterocycles. The van der Waals surface area contributed by atoms with Gasteiger partial charge in [0.15, 0.2) is 5.16 Å². The second-order valence-electron chi connectivity index (χ2n) is 7.37. The van der Waals surface area contributed by atoms with Crippen LogP contribution in [0.3, 0.4) is 0 Å². The van der Waals surface area contributed by atoms with Crippen LogP contribution in [-0.2, 0) is 12.2 Å². The van der Waals surface area contributed by atoms with Crippen molar-refractivity contribution in [1.82, 2.24) is 9.55 Å². The van der Waals surface area contributed by atoms with Gasteiger partial charge in [-0.1, -0.05) is 65.3 Å². The molecule has 4 rings (SSSR count). The Kier molecular flexibility index (Phi) is 6.46. The molecule has 0 aliphatic heterocycles. The second-order valence-corrected chi connectivity index (χ2v) is 10.3. The van der Waals surface area contributed by atoms with Crippen LogP contribution >= 0.6 is 39.0 Å². The number of halogens is 1. The lowest BCUT2D eigenvalue weighted by molar-refractivity contribution is 0.820. The number of fused-ring (bicyclic) bond motifs is 1. The van der Waals surface area contributed by atoms with Crippen molar-refractivity contribution in [2.24, 2.45) is 0 Å². The molecule has 0 atom stereocenters. The lowest BCUT2D eigenvalue weighted by Gasteiger charge is -2.13. The molecule has 2 aromatic carbocycles. The van der Waals surface area contributed by atoms with E-state index in [1.807, 2.05) is 43.3 Å². The Balaban J connectivity index is 1.86. The number of aryl methyl sites for hydroxylation is 3. The van der Waals surface area contributed by atoms with Crippen LogP contribution in [0.4, 0.5) is 0 Å². The maximum Gasteiger partial charge on any atom is 0.267 e. The van der Waals surface area contributed by atoms with Crippen molar-refractivity contribution in [3.63, 3.8) is 0 Å². The quantitative estimate of drug-likeness (QED) is 0.210. The van der Waals surface area contributed by atoms with Crippen molar-refractivity contribution >= 4 is 49.2 Å². The second kappa shape index (κ2) is 9.08. The molecule has 0 bridgehead atoms. The molecule has 30 heavy (non-hydrogen) atoms. The summed E-state index contributed by atoms with van der Waals surface area (Å²) < 4.78 is 2.85. The number of thiophene rings is 1. The third kappa shape index (κ3) is 4.27. The van der Waals surface area contributed by atoms with Gasteiger partial charge in [-0.05, 0) is 61.2 Å². The van der Waals surface area contributed by atoms with E-state index in [0.717, 1.165) is 55.3 Å². The predicted molar refractivity (Wildman–Crippen MR) is 132 cm³/mol. The lowest BCUT2D eigenvalue weighted by atomic mass is 10.1. The highest BCUT2D eigenvalue weighted by molar-refractivity contribution is 9.10. The van der Waals surface area contributed by atoms with Gasteiger partial charge in [0.05, 0.1) is 11.1 Å². The standard InChI is InChI=1S/C24H23BrN2OS2/c1-4-6-20-16(3)21-22(30-20)26-24(29-14-17-9-11-18(25)12-10-17)27(23(21)28)19-8-5-7-15(2)13-19/h5,7-13H,4,6,14H2,1-3H3. The van der Waals surface area contributed by atoms with E-state index in [1.54, 1.807) is 27.7 Å². The fraction of sp³-hybridized carbons (Fsp3) is 0.250. The van der Waals surface area contributed by atoms with Gasteiger partial charge in [-0.15, -0.1) is 11.3 Å². The molecular formula is C24H23BrN2OS2. The molecule has 154 valence electrons. The first-order chi connectivity index (χ1) is 14.5. The smallest absolute Gasteiger partial charge is 0.267 e. The minimum absolute atomic E-state index is 0.0278. The first kappa shape index (κ1) is 21.3. The zero-order chi connectivity index (χ0) is 21.3. The molecule has 0 spiro atoms. The van der Waals surface area contributed by atoms with E-state index < -0.39 is 0 Å². The van der Waals surface area contributed by atoms with E-state index in [0.29, 0.717) is 0 Å². The summed E-state index contributed by atoms with van der Waals surface area (Å²) in [5, 5.41) is 1.50. The van der Waals surface area contributed by atoms with Crippen LogP contribution in [0.25, 0.3) is 15.9 Å². The van der Waals surface area contributed by atoms with Gasteiger partial charge in [0.1, 0.15) is 4.83 Å². The molecule has 6 heteroatoms. The summed E-state index contributed by atoms with van der Waals surface area (Å²) in [4.78, 5) is 20.8. The number of benzene rings is 2. The van der Waals surface area contributed by atoms with Gasteiger partial charge in [-0.2, -0.15) is 0 Å². The van der Waals surface area contributed by atoms with Crippen LogP contribution in [0, 0.1) is 13.8 Å². The Hall–Kier alpha value is -1.89.